The molecule has 1 aliphatic rings. The molecule has 1 N–H and O–H groups in total. The highest BCUT2D eigenvalue weighted by molar-refractivity contribution is 9.10. The predicted molar refractivity (Wildman–Crippen MR) is 97.7 cm³/mol. The van der Waals surface area contributed by atoms with E-state index in [-0.39, 0.29) is 5.82 Å². The normalized spacial score (nSPS) is 15.3. The molecule has 2 rings (SSSR count). The number of rotatable bonds is 4. The summed E-state index contributed by atoms with van der Waals surface area (Å²) in [7, 11) is 0. The molecule has 0 aromatic carbocycles. The van der Waals surface area contributed by atoms with Crippen LogP contribution in [0.2, 0.25) is 0 Å². The summed E-state index contributed by atoms with van der Waals surface area (Å²) in [5.41, 5.74) is 2.18. The highest BCUT2D eigenvalue weighted by Gasteiger charge is 2.24. The SMILES string of the molecule is CC(C)(C)OC(=O)NN(CC1CCCCC1)c1nc(C#N)ncc1Br. The third-order valence-corrected chi connectivity index (χ3v) is 4.43. The molecule has 0 unspecified atom stereocenters. The van der Waals surface area contributed by atoms with Crippen molar-refractivity contribution in [3.63, 3.8) is 0 Å². The van der Waals surface area contributed by atoms with Crippen LogP contribution < -0.4 is 10.4 Å². The number of hydrogen-bond donors (Lipinski definition) is 1. The van der Waals surface area contributed by atoms with Gasteiger partial charge in [0, 0.05) is 12.7 Å². The summed E-state index contributed by atoms with van der Waals surface area (Å²) in [6, 6.07) is 1.93. The van der Waals surface area contributed by atoms with Crippen LogP contribution in [-0.4, -0.2) is 28.2 Å². The van der Waals surface area contributed by atoms with Crippen molar-refractivity contribution in [3.8, 4) is 6.07 Å². The Morgan fingerprint density at radius 1 is 1.44 bits per heavy atom. The summed E-state index contributed by atoms with van der Waals surface area (Å²) in [5, 5.41) is 10.7. The molecule has 1 fully saturated rings. The van der Waals surface area contributed by atoms with Crippen molar-refractivity contribution in [2.75, 3.05) is 11.6 Å². The fraction of sp³-hybridized carbons (Fsp3) is 0.647. The van der Waals surface area contributed by atoms with E-state index in [4.69, 9.17) is 10.00 Å². The van der Waals surface area contributed by atoms with Gasteiger partial charge in [-0.1, -0.05) is 19.3 Å². The maximum Gasteiger partial charge on any atom is 0.426 e. The molecule has 1 heterocycles. The highest BCUT2D eigenvalue weighted by atomic mass is 79.9. The molecular formula is C17H24BrN5O2. The zero-order valence-corrected chi connectivity index (χ0v) is 16.5. The fourth-order valence-corrected chi connectivity index (χ4v) is 3.23. The summed E-state index contributed by atoms with van der Waals surface area (Å²) in [4.78, 5) is 20.4. The molecular weight excluding hydrogens is 386 g/mol. The topological polar surface area (TPSA) is 91.1 Å². The van der Waals surface area contributed by atoms with Crippen LogP contribution in [0, 0.1) is 17.2 Å². The van der Waals surface area contributed by atoms with Gasteiger partial charge in [0.15, 0.2) is 5.82 Å². The van der Waals surface area contributed by atoms with Crippen molar-refractivity contribution in [1.29, 1.82) is 5.26 Å². The number of nitriles is 1. The average molecular weight is 410 g/mol. The molecule has 0 spiro atoms. The second-order valence-electron chi connectivity index (χ2n) is 7.21. The average Bonchev–Trinajstić information content (AvgIpc) is 2.54. The molecule has 25 heavy (non-hydrogen) atoms. The van der Waals surface area contributed by atoms with E-state index in [1.54, 1.807) is 5.01 Å². The lowest BCUT2D eigenvalue weighted by Crippen LogP contribution is -2.48. The van der Waals surface area contributed by atoms with Gasteiger partial charge in [-0.25, -0.2) is 15.2 Å². The van der Waals surface area contributed by atoms with Crippen LogP contribution in [0.3, 0.4) is 0 Å². The smallest absolute Gasteiger partial charge is 0.426 e. The first-order valence-corrected chi connectivity index (χ1v) is 9.27. The molecule has 1 aromatic rings. The number of carbonyl (C=O) groups is 1. The van der Waals surface area contributed by atoms with Gasteiger partial charge in [-0.2, -0.15) is 10.2 Å². The van der Waals surface area contributed by atoms with Gasteiger partial charge >= 0.3 is 6.09 Å². The first-order chi connectivity index (χ1) is 11.8. The standard InChI is InChI=1S/C17H24BrN5O2/c1-17(2,3)25-16(24)22-23(11-12-7-5-4-6-8-12)15-13(18)10-20-14(9-19)21-15/h10,12H,4-8,11H2,1-3H3,(H,22,24). The van der Waals surface area contributed by atoms with Crippen molar-refractivity contribution in [2.24, 2.45) is 5.92 Å². The van der Waals surface area contributed by atoms with Crippen molar-refractivity contribution >= 4 is 27.8 Å². The number of halogens is 1. The van der Waals surface area contributed by atoms with E-state index in [1.165, 1.54) is 25.5 Å². The first-order valence-electron chi connectivity index (χ1n) is 8.48. The van der Waals surface area contributed by atoms with E-state index in [0.717, 1.165) is 12.8 Å². The van der Waals surface area contributed by atoms with Crippen LogP contribution in [0.25, 0.3) is 0 Å². The molecule has 1 amide bonds. The largest absolute Gasteiger partial charge is 0.443 e. The second kappa shape index (κ2) is 8.48. The van der Waals surface area contributed by atoms with Gasteiger partial charge in [-0.3, -0.25) is 5.01 Å². The summed E-state index contributed by atoms with van der Waals surface area (Å²) >= 11 is 3.41. The van der Waals surface area contributed by atoms with Gasteiger partial charge in [0.2, 0.25) is 5.82 Å². The Morgan fingerprint density at radius 3 is 2.72 bits per heavy atom. The molecule has 0 radical (unpaired) electrons. The quantitative estimate of drug-likeness (QED) is 0.757. The zero-order valence-electron chi connectivity index (χ0n) is 14.9. The van der Waals surface area contributed by atoms with E-state index in [0.29, 0.717) is 22.8 Å². The predicted octanol–water partition coefficient (Wildman–Crippen LogP) is 3.94. The number of nitrogens with zero attached hydrogens (tertiary/aromatic N) is 4. The molecule has 136 valence electrons. The fourth-order valence-electron chi connectivity index (χ4n) is 2.83. The minimum absolute atomic E-state index is 0.0535. The molecule has 0 atom stereocenters. The van der Waals surface area contributed by atoms with Crippen LogP contribution >= 0.6 is 15.9 Å². The zero-order chi connectivity index (χ0) is 18.4. The Labute approximate surface area is 156 Å². The second-order valence-corrected chi connectivity index (χ2v) is 8.06. The van der Waals surface area contributed by atoms with Crippen LogP contribution in [-0.2, 0) is 4.74 Å². The molecule has 1 saturated carbocycles. The van der Waals surface area contributed by atoms with Crippen molar-refractivity contribution in [1.82, 2.24) is 15.4 Å². The Kier molecular flexibility index (Phi) is 6.59. The third kappa shape index (κ3) is 6.16. The van der Waals surface area contributed by atoms with Crippen LogP contribution in [0.4, 0.5) is 10.6 Å². The lowest BCUT2D eigenvalue weighted by Gasteiger charge is -2.31. The molecule has 1 aromatic heterocycles. The summed E-state index contributed by atoms with van der Waals surface area (Å²) in [5.74, 6) is 0.969. The number of carbonyl (C=O) groups excluding carboxylic acids is 1. The molecule has 0 aliphatic heterocycles. The van der Waals surface area contributed by atoms with Crippen molar-refractivity contribution in [2.45, 2.75) is 58.5 Å². The van der Waals surface area contributed by atoms with E-state index in [1.807, 2.05) is 26.8 Å². The van der Waals surface area contributed by atoms with E-state index in [9.17, 15) is 4.79 Å². The molecule has 1 aliphatic carbocycles. The van der Waals surface area contributed by atoms with E-state index in [2.05, 4.69) is 31.3 Å². The maximum atomic E-state index is 12.3. The molecule has 8 heteroatoms. The summed E-state index contributed by atoms with van der Waals surface area (Å²) in [6.45, 7) is 6.05. The Bertz CT molecular complexity index is 647. The summed E-state index contributed by atoms with van der Waals surface area (Å²) < 4.78 is 5.97. The third-order valence-electron chi connectivity index (χ3n) is 3.87. The van der Waals surface area contributed by atoms with Gasteiger partial charge in [-0.15, -0.1) is 0 Å². The van der Waals surface area contributed by atoms with Gasteiger partial charge in [0.25, 0.3) is 0 Å². The van der Waals surface area contributed by atoms with Gasteiger partial charge in [-0.05, 0) is 55.5 Å². The molecule has 0 bridgehead atoms. The number of aromatic nitrogens is 2. The van der Waals surface area contributed by atoms with Crippen LogP contribution in [0.1, 0.15) is 58.7 Å². The maximum absolute atomic E-state index is 12.3. The Balaban J connectivity index is 2.22. The molecule has 0 saturated heterocycles. The van der Waals surface area contributed by atoms with Crippen LogP contribution in [0.15, 0.2) is 10.7 Å². The highest BCUT2D eigenvalue weighted by Crippen LogP contribution is 2.28. The van der Waals surface area contributed by atoms with Gasteiger partial charge in [0.05, 0.1) is 4.47 Å². The lowest BCUT2D eigenvalue weighted by molar-refractivity contribution is 0.0517. The minimum Gasteiger partial charge on any atom is -0.443 e. The van der Waals surface area contributed by atoms with Crippen molar-refractivity contribution in [3.05, 3.63) is 16.5 Å². The summed E-state index contributed by atoms with van der Waals surface area (Å²) in [6.07, 6.45) is 6.84. The number of nitrogens with one attached hydrogen (secondary N) is 1. The number of ether oxygens (including phenoxy) is 1. The molecule has 7 nitrogen and oxygen atoms in total. The first kappa shape index (κ1) is 19.4. The van der Waals surface area contributed by atoms with E-state index >= 15 is 0 Å². The monoisotopic (exact) mass is 409 g/mol. The number of hydrogen-bond acceptors (Lipinski definition) is 6. The number of hydrazine groups is 1. The van der Waals surface area contributed by atoms with E-state index < -0.39 is 11.7 Å². The van der Waals surface area contributed by atoms with Gasteiger partial charge < -0.3 is 4.74 Å². The number of anilines is 1. The lowest BCUT2D eigenvalue weighted by atomic mass is 9.89. The van der Waals surface area contributed by atoms with Crippen molar-refractivity contribution < 1.29 is 9.53 Å². The van der Waals surface area contributed by atoms with Gasteiger partial charge in [0.1, 0.15) is 11.7 Å². The van der Waals surface area contributed by atoms with Crippen LogP contribution in [0.5, 0.6) is 0 Å². The Morgan fingerprint density at radius 2 is 2.12 bits per heavy atom. The Hall–Kier alpha value is -1.88. The minimum atomic E-state index is -0.596. The number of amides is 1.